The third-order valence-corrected chi connectivity index (χ3v) is 3.92. The van der Waals surface area contributed by atoms with E-state index >= 15 is 0 Å². The standard InChI is InChI=1S/C9H7NOS2/c11-10-9-6-8(12-13-9)7-4-2-1-3-5-7/h1-6,11H/b10-9-. The van der Waals surface area contributed by atoms with E-state index in [0.29, 0.717) is 4.67 Å². The predicted molar refractivity (Wildman–Crippen MR) is 55.0 cm³/mol. The van der Waals surface area contributed by atoms with Gasteiger partial charge in [-0.2, -0.15) is 0 Å². The Labute approximate surface area is 82.8 Å². The monoisotopic (exact) mass is 209 g/mol. The third kappa shape index (κ3) is 1.79. The molecule has 1 aromatic carbocycles. The van der Waals surface area contributed by atoms with E-state index in [1.807, 2.05) is 36.4 Å². The van der Waals surface area contributed by atoms with Crippen molar-refractivity contribution in [1.82, 2.24) is 0 Å². The van der Waals surface area contributed by atoms with Gasteiger partial charge in [0.15, 0.2) is 4.67 Å². The zero-order chi connectivity index (χ0) is 9.10. The Morgan fingerprint density at radius 2 is 1.85 bits per heavy atom. The summed E-state index contributed by atoms with van der Waals surface area (Å²) in [6, 6.07) is 11.9. The van der Waals surface area contributed by atoms with Crippen LogP contribution in [0.25, 0.3) is 10.4 Å². The fourth-order valence-electron chi connectivity index (χ4n) is 1.03. The summed E-state index contributed by atoms with van der Waals surface area (Å²) in [4.78, 5) is 1.14. The summed E-state index contributed by atoms with van der Waals surface area (Å²) >= 11 is 0. The van der Waals surface area contributed by atoms with E-state index in [1.54, 1.807) is 10.3 Å². The summed E-state index contributed by atoms with van der Waals surface area (Å²) in [5.41, 5.74) is 1.17. The molecular weight excluding hydrogens is 202 g/mol. The lowest BCUT2D eigenvalue weighted by molar-refractivity contribution is 0.304. The van der Waals surface area contributed by atoms with E-state index in [4.69, 9.17) is 5.21 Å². The van der Waals surface area contributed by atoms with E-state index in [2.05, 4.69) is 5.16 Å². The van der Waals surface area contributed by atoms with Crippen molar-refractivity contribution in [3.05, 3.63) is 41.1 Å². The van der Waals surface area contributed by atoms with E-state index in [-0.39, 0.29) is 0 Å². The highest BCUT2D eigenvalue weighted by Gasteiger charge is 1.98. The smallest absolute Gasteiger partial charge is 0.166 e. The first kappa shape index (κ1) is 8.47. The van der Waals surface area contributed by atoms with Crippen LogP contribution in [0.5, 0.6) is 0 Å². The SMILES string of the molecule is O/N=c1/cc(-c2ccccc2)ss1. The summed E-state index contributed by atoms with van der Waals surface area (Å²) in [5.74, 6) is 0. The molecule has 0 atom stereocenters. The van der Waals surface area contributed by atoms with Gasteiger partial charge in [0.1, 0.15) is 0 Å². The van der Waals surface area contributed by atoms with Gasteiger partial charge in [0.05, 0.1) is 0 Å². The maximum absolute atomic E-state index is 8.54. The van der Waals surface area contributed by atoms with Gasteiger partial charge in [-0.25, -0.2) is 0 Å². The molecule has 0 saturated carbocycles. The van der Waals surface area contributed by atoms with E-state index in [1.165, 1.54) is 15.9 Å². The van der Waals surface area contributed by atoms with Crippen molar-refractivity contribution >= 4 is 20.7 Å². The van der Waals surface area contributed by atoms with Crippen LogP contribution in [-0.2, 0) is 0 Å². The first-order valence-corrected chi connectivity index (χ1v) is 5.89. The molecule has 4 heteroatoms. The fraction of sp³-hybridized carbons (Fsp3) is 0. The zero-order valence-electron chi connectivity index (χ0n) is 6.68. The van der Waals surface area contributed by atoms with Crippen LogP contribution in [0.4, 0.5) is 0 Å². The van der Waals surface area contributed by atoms with Crippen molar-refractivity contribution in [3.8, 4) is 10.4 Å². The van der Waals surface area contributed by atoms with Crippen LogP contribution >= 0.6 is 20.7 Å². The fourth-order valence-corrected chi connectivity index (χ4v) is 3.07. The van der Waals surface area contributed by atoms with Crippen LogP contribution < -0.4 is 4.67 Å². The molecule has 0 saturated heterocycles. The van der Waals surface area contributed by atoms with Crippen LogP contribution in [0.3, 0.4) is 0 Å². The van der Waals surface area contributed by atoms with Crippen molar-refractivity contribution in [2.45, 2.75) is 0 Å². The summed E-state index contributed by atoms with van der Waals surface area (Å²) in [5, 5.41) is 11.7. The van der Waals surface area contributed by atoms with E-state index in [9.17, 15) is 0 Å². The van der Waals surface area contributed by atoms with Gasteiger partial charge in [0.25, 0.3) is 0 Å². The molecule has 0 fully saturated rings. The molecule has 0 radical (unpaired) electrons. The topological polar surface area (TPSA) is 32.6 Å². The van der Waals surface area contributed by atoms with Crippen LogP contribution in [-0.4, -0.2) is 5.21 Å². The van der Waals surface area contributed by atoms with Crippen LogP contribution in [0.2, 0.25) is 0 Å². The largest absolute Gasteiger partial charge is 0.410 e. The average molecular weight is 209 g/mol. The van der Waals surface area contributed by atoms with Crippen LogP contribution in [0.15, 0.2) is 41.6 Å². The molecule has 0 unspecified atom stereocenters. The first-order chi connectivity index (χ1) is 6.40. The molecule has 1 heterocycles. The molecule has 2 aromatic rings. The van der Waals surface area contributed by atoms with Crippen molar-refractivity contribution in [2.75, 3.05) is 0 Å². The summed E-state index contributed by atoms with van der Waals surface area (Å²) < 4.78 is 0.656. The highest BCUT2D eigenvalue weighted by Crippen LogP contribution is 2.24. The van der Waals surface area contributed by atoms with Crippen molar-refractivity contribution < 1.29 is 5.21 Å². The van der Waals surface area contributed by atoms with Crippen molar-refractivity contribution in [3.63, 3.8) is 0 Å². The third-order valence-electron chi connectivity index (χ3n) is 1.63. The molecule has 0 spiro atoms. The van der Waals surface area contributed by atoms with Crippen LogP contribution in [0.1, 0.15) is 0 Å². The summed E-state index contributed by atoms with van der Waals surface area (Å²) in [6.45, 7) is 0. The zero-order valence-corrected chi connectivity index (χ0v) is 8.31. The molecule has 0 aliphatic carbocycles. The molecule has 0 aliphatic rings. The lowest BCUT2D eigenvalue weighted by atomic mass is 10.2. The molecule has 2 nitrogen and oxygen atoms in total. The second-order valence-electron chi connectivity index (χ2n) is 2.48. The van der Waals surface area contributed by atoms with Crippen molar-refractivity contribution in [1.29, 1.82) is 0 Å². The second-order valence-corrected chi connectivity index (χ2v) is 4.67. The minimum absolute atomic E-state index is 0.656. The molecule has 1 aromatic heterocycles. The summed E-state index contributed by atoms with van der Waals surface area (Å²) in [7, 11) is 3.08. The second kappa shape index (κ2) is 3.72. The Morgan fingerprint density at radius 3 is 2.46 bits per heavy atom. The molecule has 0 aliphatic heterocycles. The molecule has 66 valence electrons. The number of rotatable bonds is 1. The highest BCUT2D eigenvalue weighted by molar-refractivity contribution is 7.69. The lowest BCUT2D eigenvalue weighted by Crippen LogP contribution is -1.87. The van der Waals surface area contributed by atoms with Gasteiger partial charge >= 0.3 is 0 Å². The Balaban J connectivity index is 2.48. The van der Waals surface area contributed by atoms with Gasteiger partial charge in [-0.3, -0.25) is 0 Å². The van der Waals surface area contributed by atoms with Gasteiger partial charge in [-0.05, 0) is 11.6 Å². The van der Waals surface area contributed by atoms with Crippen LogP contribution in [0, 0.1) is 0 Å². The quantitative estimate of drug-likeness (QED) is 0.437. The maximum Gasteiger partial charge on any atom is 0.166 e. The van der Waals surface area contributed by atoms with Gasteiger partial charge in [0, 0.05) is 4.88 Å². The molecular formula is C9H7NOS2. The minimum Gasteiger partial charge on any atom is -0.410 e. The van der Waals surface area contributed by atoms with E-state index < -0.39 is 0 Å². The average Bonchev–Trinajstić information content (AvgIpc) is 2.67. The molecule has 0 bridgehead atoms. The number of hydrogen-bond donors (Lipinski definition) is 1. The first-order valence-electron chi connectivity index (χ1n) is 3.74. The van der Waals surface area contributed by atoms with Gasteiger partial charge in [-0.1, -0.05) is 56.2 Å². The Bertz CT molecular complexity index is 444. The maximum atomic E-state index is 8.54. The Hall–Kier alpha value is -1.13. The Morgan fingerprint density at radius 1 is 1.08 bits per heavy atom. The minimum atomic E-state index is 0.656. The highest BCUT2D eigenvalue weighted by atomic mass is 32.9. The molecule has 13 heavy (non-hydrogen) atoms. The normalized spacial score (nSPS) is 11.8. The molecule has 0 amide bonds. The lowest BCUT2D eigenvalue weighted by Gasteiger charge is -1.92. The molecule has 2 rings (SSSR count). The van der Waals surface area contributed by atoms with Gasteiger partial charge in [0.2, 0.25) is 0 Å². The van der Waals surface area contributed by atoms with Gasteiger partial charge < -0.3 is 5.21 Å². The number of nitrogens with zero attached hydrogens (tertiary/aromatic N) is 1. The number of benzene rings is 1. The number of hydrogen-bond acceptors (Lipinski definition) is 4. The predicted octanol–water partition coefficient (Wildman–Crippen LogP) is 2.77. The summed E-state index contributed by atoms with van der Waals surface area (Å²) in [6.07, 6.45) is 0. The Kier molecular flexibility index (Phi) is 2.42. The van der Waals surface area contributed by atoms with E-state index in [0.717, 1.165) is 4.88 Å². The van der Waals surface area contributed by atoms with Gasteiger partial charge in [-0.15, -0.1) is 0 Å². The van der Waals surface area contributed by atoms with Crippen molar-refractivity contribution in [2.24, 2.45) is 5.16 Å². The molecule has 1 N–H and O–H groups in total.